The van der Waals surface area contributed by atoms with Gasteiger partial charge in [0.25, 0.3) is 0 Å². The second kappa shape index (κ2) is 5.07. The third-order valence-electron chi connectivity index (χ3n) is 3.50. The van der Waals surface area contributed by atoms with Gasteiger partial charge in [-0.3, -0.25) is 4.57 Å². The second-order valence-corrected chi connectivity index (χ2v) is 5.66. The molecule has 3 aromatic rings. The van der Waals surface area contributed by atoms with Crippen LogP contribution in [0.4, 0.5) is 0 Å². The molecule has 0 amide bonds. The lowest BCUT2D eigenvalue weighted by Gasteiger charge is -2.12. The Morgan fingerprint density at radius 2 is 2.10 bits per heavy atom. The normalized spacial score (nSPS) is 12.8. The van der Waals surface area contributed by atoms with Crippen LogP contribution in [-0.2, 0) is 7.05 Å². The Hall–Kier alpha value is -2.01. The van der Waals surface area contributed by atoms with E-state index in [-0.39, 0.29) is 5.38 Å². The molecule has 2 aromatic heterocycles. The molecule has 2 heterocycles. The molecule has 0 bridgehead atoms. The zero-order chi connectivity index (χ0) is 15.1. The van der Waals surface area contributed by atoms with Gasteiger partial charge in [0, 0.05) is 13.1 Å². The number of hydrogen-bond donors (Lipinski definition) is 0. The average Bonchev–Trinajstić information content (AvgIpc) is 2.98. The van der Waals surface area contributed by atoms with Gasteiger partial charge in [0.2, 0.25) is 0 Å². The van der Waals surface area contributed by atoms with Gasteiger partial charge in [-0.2, -0.15) is 5.10 Å². The monoisotopic (exact) mass is 304 g/mol. The average molecular weight is 305 g/mol. The molecule has 0 saturated heterocycles. The summed E-state index contributed by atoms with van der Waals surface area (Å²) in [6.07, 6.45) is 0. The number of aromatic nitrogens is 4. The van der Waals surface area contributed by atoms with Crippen molar-refractivity contribution in [2.45, 2.75) is 19.2 Å². The van der Waals surface area contributed by atoms with Gasteiger partial charge < -0.3 is 4.74 Å². The Bertz CT molecular complexity index is 803. The van der Waals surface area contributed by atoms with E-state index in [1.54, 1.807) is 7.11 Å². The molecule has 0 aliphatic rings. The first-order chi connectivity index (χ1) is 10.0. The van der Waals surface area contributed by atoms with Gasteiger partial charge in [-0.1, -0.05) is 6.07 Å². The Balaban J connectivity index is 2.35. The Morgan fingerprint density at radius 1 is 1.33 bits per heavy atom. The van der Waals surface area contributed by atoms with E-state index in [1.807, 2.05) is 54.4 Å². The van der Waals surface area contributed by atoms with Crippen LogP contribution < -0.4 is 4.74 Å². The van der Waals surface area contributed by atoms with E-state index < -0.39 is 0 Å². The number of hydrogen-bond acceptors (Lipinski definition) is 3. The lowest BCUT2D eigenvalue weighted by molar-refractivity contribution is 0.414. The van der Waals surface area contributed by atoms with Crippen molar-refractivity contribution >= 4 is 22.8 Å². The number of methoxy groups -OCH3 is 1. The largest absolute Gasteiger partial charge is 0.497 e. The number of alkyl halides is 1. The SMILES string of the molecule is COc1cccc(-n2c(C(C)Cl)nc3c(C)nn(C)c32)c1. The first-order valence-electron chi connectivity index (χ1n) is 6.73. The van der Waals surface area contributed by atoms with Gasteiger partial charge in [-0.25, -0.2) is 9.67 Å². The van der Waals surface area contributed by atoms with Crippen molar-refractivity contribution in [1.82, 2.24) is 19.3 Å². The minimum atomic E-state index is -0.206. The molecule has 1 aromatic carbocycles. The highest BCUT2D eigenvalue weighted by molar-refractivity contribution is 6.20. The van der Waals surface area contributed by atoms with E-state index in [1.165, 1.54) is 0 Å². The predicted octanol–water partition coefficient (Wildman–Crippen LogP) is 3.38. The van der Waals surface area contributed by atoms with Crippen molar-refractivity contribution in [2.75, 3.05) is 7.11 Å². The molecule has 1 atom stereocenters. The number of nitrogens with zero attached hydrogens (tertiary/aromatic N) is 4. The quantitative estimate of drug-likeness (QED) is 0.697. The molecular formula is C15H17ClN4O. The first-order valence-corrected chi connectivity index (χ1v) is 7.17. The zero-order valence-electron chi connectivity index (χ0n) is 12.5. The van der Waals surface area contributed by atoms with Crippen LogP contribution in [0.5, 0.6) is 5.75 Å². The minimum Gasteiger partial charge on any atom is -0.497 e. The Kier molecular flexibility index (Phi) is 3.37. The summed E-state index contributed by atoms with van der Waals surface area (Å²) in [6.45, 7) is 3.87. The lowest BCUT2D eigenvalue weighted by Crippen LogP contribution is -2.06. The van der Waals surface area contributed by atoms with Crippen LogP contribution in [0.2, 0.25) is 0 Å². The molecule has 6 heteroatoms. The van der Waals surface area contributed by atoms with E-state index in [2.05, 4.69) is 10.1 Å². The molecule has 0 saturated carbocycles. The van der Waals surface area contributed by atoms with Crippen LogP contribution in [0.1, 0.15) is 23.8 Å². The van der Waals surface area contributed by atoms with Gasteiger partial charge in [0.05, 0.1) is 23.9 Å². The Labute approximate surface area is 128 Å². The van der Waals surface area contributed by atoms with E-state index >= 15 is 0 Å². The van der Waals surface area contributed by atoms with Crippen molar-refractivity contribution in [2.24, 2.45) is 7.05 Å². The summed E-state index contributed by atoms with van der Waals surface area (Å²) >= 11 is 6.32. The summed E-state index contributed by atoms with van der Waals surface area (Å²) in [5, 5.41) is 4.23. The van der Waals surface area contributed by atoms with Crippen molar-refractivity contribution in [1.29, 1.82) is 0 Å². The number of halogens is 1. The minimum absolute atomic E-state index is 0.206. The maximum absolute atomic E-state index is 6.32. The smallest absolute Gasteiger partial charge is 0.163 e. The summed E-state index contributed by atoms with van der Waals surface area (Å²) in [7, 11) is 3.57. The fraction of sp³-hybridized carbons (Fsp3) is 0.333. The molecule has 3 rings (SSSR count). The van der Waals surface area contributed by atoms with Crippen molar-refractivity contribution in [3.05, 3.63) is 35.8 Å². The maximum atomic E-state index is 6.32. The van der Waals surface area contributed by atoms with E-state index in [9.17, 15) is 0 Å². The van der Waals surface area contributed by atoms with Crippen molar-refractivity contribution in [3.8, 4) is 11.4 Å². The number of benzene rings is 1. The van der Waals surface area contributed by atoms with Gasteiger partial charge in [-0.05, 0) is 26.0 Å². The fourth-order valence-corrected chi connectivity index (χ4v) is 2.71. The first kappa shape index (κ1) is 13.9. The number of ether oxygens (including phenoxy) is 1. The van der Waals surface area contributed by atoms with Gasteiger partial charge in [-0.15, -0.1) is 11.6 Å². The van der Waals surface area contributed by atoms with Crippen LogP contribution in [0.3, 0.4) is 0 Å². The summed E-state index contributed by atoms with van der Waals surface area (Å²) in [5.41, 5.74) is 3.67. The molecule has 1 unspecified atom stereocenters. The number of rotatable bonds is 3. The zero-order valence-corrected chi connectivity index (χ0v) is 13.2. The molecule has 0 spiro atoms. The van der Waals surface area contributed by atoms with Crippen molar-refractivity contribution in [3.63, 3.8) is 0 Å². The molecule has 0 fully saturated rings. The Morgan fingerprint density at radius 3 is 2.76 bits per heavy atom. The number of imidazole rings is 1. The summed E-state index contributed by atoms with van der Waals surface area (Å²) in [4.78, 5) is 4.67. The van der Waals surface area contributed by atoms with Gasteiger partial charge in [0.1, 0.15) is 17.1 Å². The van der Waals surface area contributed by atoms with Gasteiger partial charge >= 0.3 is 0 Å². The summed E-state index contributed by atoms with van der Waals surface area (Å²) in [6, 6.07) is 7.84. The molecule has 110 valence electrons. The van der Waals surface area contributed by atoms with E-state index in [4.69, 9.17) is 16.3 Å². The van der Waals surface area contributed by atoms with Crippen LogP contribution in [-0.4, -0.2) is 26.4 Å². The van der Waals surface area contributed by atoms with E-state index in [0.29, 0.717) is 0 Å². The highest BCUT2D eigenvalue weighted by Crippen LogP contribution is 2.30. The molecular weight excluding hydrogens is 288 g/mol. The van der Waals surface area contributed by atoms with E-state index in [0.717, 1.165) is 34.1 Å². The molecule has 0 radical (unpaired) electrons. The summed E-state index contributed by atoms with van der Waals surface area (Å²) < 4.78 is 9.18. The molecule has 21 heavy (non-hydrogen) atoms. The highest BCUT2D eigenvalue weighted by Gasteiger charge is 2.21. The third-order valence-corrected chi connectivity index (χ3v) is 3.69. The molecule has 0 aliphatic carbocycles. The molecule has 0 N–H and O–H groups in total. The van der Waals surface area contributed by atoms with Crippen molar-refractivity contribution < 1.29 is 4.74 Å². The lowest BCUT2D eigenvalue weighted by atomic mass is 10.3. The van der Waals surface area contributed by atoms with Crippen LogP contribution >= 0.6 is 11.6 Å². The highest BCUT2D eigenvalue weighted by atomic mass is 35.5. The molecule has 0 aliphatic heterocycles. The van der Waals surface area contributed by atoms with Crippen LogP contribution in [0.15, 0.2) is 24.3 Å². The number of aryl methyl sites for hydroxylation is 2. The third kappa shape index (κ3) is 2.17. The summed E-state index contributed by atoms with van der Waals surface area (Å²) in [5.74, 6) is 1.59. The van der Waals surface area contributed by atoms with Crippen LogP contribution in [0, 0.1) is 6.92 Å². The standard InChI is InChI=1S/C15H17ClN4O/c1-9(16)14-17-13-10(2)18-19(3)15(13)20(14)11-6-5-7-12(8-11)21-4/h5-9H,1-4H3. The molecule has 5 nitrogen and oxygen atoms in total. The second-order valence-electron chi connectivity index (χ2n) is 5.00. The fourth-order valence-electron chi connectivity index (χ4n) is 2.56. The predicted molar refractivity (Wildman–Crippen MR) is 83.4 cm³/mol. The maximum Gasteiger partial charge on any atom is 0.163 e. The number of fused-ring (bicyclic) bond motifs is 1. The topological polar surface area (TPSA) is 44.9 Å². The van der Waals surface area contributed by atoms with Crippen LogP contribution in [0.25, 0.3) is 16.9 Å². The van der Waals surface area contributed by atoms with Gasteiger partial charge in [0.15, 0.2) is 5.65 Å².